The normalized spacial score (nSPS) is 11.0. The first-order chi connectivity index (χ1) is 10.5. The fourth-order valence-corrected chi connectivity index (χ4v) is 3.19. The van der Waals surface area contributed by atoms with Gasteiger partial charge in [-0.15, -0.1) is 11.8 Å². The summed E-state index contributed by atoms with van der Waals surface area (Å²) in [5.41, 5.74) is 3.43. The Morgan fingerprint density at radius 2 is 2.05 bits per heavy atom. The molecule has 3 nitrogen and oxygen atoms in total. The second-order valence-electron chi connectivity index (χ2n) is 5.08. The van der Waals surface area contributed by atoms with E-state index in [1.54, 1.807) is 24.0 Å². The Kier molecular flexibility index (Phi) is 4.23. The van der Waals surface area contributed by atoms with Crippen molar-refractivity contribution < 1.29 is 4.42 Å². The van der Waals surface area contributed by atoms with Crippen molar-refractivity contribution in [2.45, 2.75) is 24.6 Å². The second-order valence-corrected chi connectivity index (χ2v) is 6.51. The van der Waals surface area contributed by atoms with Gasteiger partial charge in [0.2, 0.25) is 0 Å². The second kappa shape index (κ2) is 6.15. The van der Waals surface area contributed by atoms with Crippen molar-refractivity contribution in [2.24, 2.45) is 0 Å². The van der Waals surface area contributed by atoms with Gasteiger partial charge in [0.1, 0.15) is 5.58 Å². The van der Waals surface area contributed by atoms with Crippen LogP contribution in [-0.4, -0.2) is 4.98 Å². The van der Waals surface area contributed by atoms with E-state index in [9.17, 15) is 4.79 Å². The van der Waals surface area contributed by atoms with E-state index in [4.69, 9.17) is 16.0 Å². The minimum absolute atomic E-state index is 0.319. The van der Waals surface area contributed by atoms with Crippen LogP contribution in [0.1, 0.15) is 16.7 Å². The Balaban J connectivity index is 1.98. The van der Waals surface area contributed by atoms with Crippen LogP contribution >= 0.6 is 23.4 Å². The monoisotopic (exact) mass is 331 g/mol. The molecule has 0 aliphatic heterocycles. The van der Waals surface area contributed by atoms with Gasteiger partial charge in [0.15, 0.2) is 0 Å². The standard InChI is InChI=1S/C17H14ClNO2S/c1-10-3-5-14-12(7-16(20)21-17(14)11(10)2)9-22-15-6-4-13(18)8-19-15/h3-8H,9H2,1-2H3. The molecule has 0 N–H and O–H groups in total. The maximum absolute atomic E-state index is 11.8. The first-order valence-electron chi connectivity index (χ1n) is 6.82. The van der Waals surface area contributed by atoms with Crippen molar-refractivity contribution in [1.29, 1.82) is 0 Å². The van der Waals surface area contributed by atoms with Gasteiger partial charge in [-0.1, -0.05) is 23.7 Å². The topological polar surface area (TPSA) is 43.1 Å². The number of hydrogen-bond acceptors (Lipinski definition) is 4. The van der Waals surface area contributed by atoms with Crippen LogP contribution in [0.25, 0.3) is 11.0 Å². The molecule has 2 aromatic heterocycles. The van der Waals surface area contributed by atoms with Crippen molar-refractivity contribution >= 4 is 34.3 Å². The van der Waals surface area contributed by atoms with Crippen LogP contribution in [-0.2, 0) is 5.75 Å². The number of hydrogen-bond donors (Lipinski definition) is 0. The first kappa shape index (κ1) is 15.1. The number of aryl methyl sites for hydroxylation is 2. The zero-order valence-electron chi connectivity index (χ0n) is 12.2. The van der Waals surface area contributed by atoms with Gasteiger partial charge >= 0.3 is 5.63 Å². The Morgan fingerprint density at radius 3 is 2.77 bits per heavy atom. The Morgan fingerprint density at radius 1 is 1.23 bits per heavy atom. The number of aromatic nitrogens is 1. The summed E-state index contributed by atoms with van der Waals surface area (Å²) in [6.45, 7) is 3.98. The molecule has 3 rings (SSSR count). The van der Waals surface area contributed by atoms with Gasteiger partial charge < -0.3 is 4.42 Å². The molecule has 0 spiro atoms. The van der Waals surface area contributed by atoms with E-state index in [-0.39, 0.29) is 5.63 Å². The summed E-state index contributed by atoms with van der Waals surface area (Å²) < 4.78 is 5.38. The van der Waals surface area contributed by atoms with E-state index in [1.165, 1.54) is 0 Å². The number of nitrogens with zero attached hydrogens (tertiary/aromatic N) is 1. The number of benzene rings is 1. The molecule has 0 saturated heterocycles. The Bertz CT molecular complexity index is 888. The molecule has 2 heterocycles. The summed E-state index contributed by atoms with van der Waals surface area (Å²) in [6.07, 6.45) is 1.62. The molecule has 112 valence electrons. The van der Waals surface area contributed by atoms with Gasteiger partial charge in [0.05, 0.1) is 10.0 Å². The molecule has 0 aliphatic carbocycles. The van der Waals surface area contributed by atoms with Crippen molar-refractivity contribution in [3.8, 4) is 0 Å². The van der Waals surface area contributed by atoms with E-state index >= 15 is 0 Å². The van der Waals surface area contributed by atoms with Crippen molar-refractivity contribution in [1.82, 2.24) is 4.98 Å². The highest BCUT2D eigenvalue weighted by molar-refractivity contribution is 7.98. The SMILES string of the molecule is Cc1ccc2c(CSc3ccc(Cl)cn3)cc(=O)oc2c1C. The lowest BCUT2D eigenvalue weighted by atomic mass is 10.0. The molecular formula is C17H14ClNO2S. The zero-order chi connectivity index (χ0) is 15.7. The van der Waals surface area contributed by atoms with E-state index in [0.717, 1.165) is 27.1 Å². The van der Waals surface area contributed by atoms with Gasteiger partial charge in [-0.05, 0) is 42.7 Å². The summed E-state index contributed by atoms with van der Waals surface area (Å²) >= 11 is 7.40. The zero-order valence-corrected chi connectivity index (χ0v) is 13.8. The van der Waals surface area contributed by atoms with Gasteiger partial charge in [0.25, 0.3) is 0 Å². The van der Waals surface area contributed by atoms with Crippen LogP contribution in [0.4, 0.5) is 0 Å². The van der Waals surface area contributed by atoms with E-state index in [2.05, 4.69) is 4.98 Å². The van der Waals surface area contributed by atoms with Crippen molar-refractivity contribution in [3.63, 3.8) is 0 Å². The molecule has 3 aromatic rings. The largest absolute Gasteiger partial charge is 0.422 e. The van der Waals surface area contributed by atoms with Crippen LogP contribution in [0.3, 0.4) is 0 Å². The first-order valence-corrected chi connectivity index (χ1v) is 8.18. The Hall–Kier alpha value is -1.78. The molecule has 0 amide bonds. The highest BCUT2D eigenvalue weighted by atomic mass is 35.5. The number of thioether (sulfide) groups is 1. The minimum Gasteiger partial charge on any atom is -0.422 e. The lowest BCUT2D eigenvalue weighted by Crippen LogP contribution is -2.01. The molecule has 22 heavy (non-hydrogen) atoms. The van der Waals surface area contributed by atoms with Gasteiger partial charge in [-0.25, -0.2) is 9.78 Å². The fraction of sp³-hybridized carbons (Fsp3) is 0.176. The molecule has 0 saturated carbocycles. The quantitative estimate of drug-likeness (QED) is 0.513. The summed E-state index contributed by atoms with van der Waals surface area (Å²) in [4.78, 5) is 16.1. The van der Waals surface area contributed by atoms with Crippen molar-refractivity contribution in [2.75, 3.05) is 0 Å². The van der Waals surface area contributed by atoms with E-state index < -0.39 is 0 Å². The maximum Gasteiger partial charge on any atom is 0.336 e. The van der Waals surface area contributed by atoms with Crippen LogP contribution in [0, 0.1) is 13.8 Å². The van der Waals surface area contributed by atoms with E-state index in [1.807, 2.05) is 38.1 Å². The Labute approximate surface area is 137 Å². The summed E-state index contributed by atoms with van der Waals surface area (Å²) in [7, 11) is 0. The highest BCUT2D eigenvalue weighted by Crippen LogP contribution is 2.28. The number of fused-ring (bicyclic) bond motifs is 1. The predicted octanol–water partition coefficient (Wildman–Crippen LogP) is 4.75. The predicted molar refractivity (Wildman–Crippen MR) is 90.8 cm³/mol. The molecule has 0 aliphatic rings. The smallest absolute Gasteiger partial charge is 0.336 e. The number of rotatable bonds is 3. The maximum atomic E-state index is 11.8. The van der Waals surface area contributed by atoms with Crippen LogP contribution in [0.2, 0.25) is 5.02 Å². The van der Waals surface area contributed by atoms with Crippen molar-refractivity contribution in [3.05, 3.63) is 68.7 Å². The lowest BCUT2D eigenvalue weighted by molar-refractivity contribution is 0.557. The van der Waals surface area contributed by atoms with Crippen LogP contribution < -0.4 is 5.63 Å². The lowest BCUT2D eigenvalue weighted by Gasteiger charge is -2.08. The van der Waals surface area contributed by atoms with Crippen LogP contribution in [0.5, 0.6) is 0 Å². The fourth-order valence-electron chi connectivity index (χ4n) is 2.24. The van der Waals surface area contributed by atoms with Gasteiger partial charge in [-0.3, -0.25) is 0 Å². The third-order valence-corrected chi connectivity index (χ3v) is 4.81. The minimum atomic E-state index is -0.319. The third-order valence-electron chi connectivity index (χ3n) is 3.59. The molecule has 5 heteroatoms. The van der Waals surface area contributed by atoms with E-state index in [0.29, 0.717) is 16.4 Å². The van der Waals surface area contributed by atoms with Gasteiger partial charge in [-0.2, -0.15) is 0 Å². The average Bonchev–Trinajstić information content (AvgIpc) is 2.50. The molecule has 0 bridgehead atoms. The van der Waals surface area contributed by atoms with Gasteiger partial charge in [0, 0.05) is 23.4 Å². The highest BCUT2D eigenvalue weighted by Gasteiger charge is 2.10. The molecule has 0 fully saturated rings. The summed E-state index contributed by atoms with van der Waals surface area (Å²) in [6, 6.07) is 9.29. The number of halogens is 1. The summed E-state index contributed by atoms with van der Waals surface area (Å²) in [5.74, 6) is 0.652. The molecule has 0 unspecified atom stereocenters. The van der Waals surface area contributed by atoms with Crippen LogP contribution in [0.15, 0.2) is 50.8 Å². The molecule has 1 aromatic carbocycles. The molecular weight excluding hydrogens is 318 g/mol. The number of pyridine rings is 1. The third kappa shape index (κ3) is 3.03. The molecule has 0 atom stereocenters. The average molecular weight is 332 g/mol. The summed E-state index contributed by atoms with van der Waals surface area (Å²) in [5, 5.41) is 2.46. The molecule has 0 radical (unpaired) electrons.